The molecule has 18 heavy (non-hydrogen) atoms. The van der Waals surface area contributed by atoms with Crippen molar-refractivity contribution >= 4 is 17.5 Å². The molecule has 1 saturated heterocycles. The number of carbonyl (C=O) groups is 1. The van der Waals surface area contributed by atoms with Crippen LogP contribution in [0.4, 0.5) is 0 Å². The molecule has 1 aliphatic heterocycles. The monoisotopic (exact) mass is 266 g/mol. The Kier molecular flexibility index (Phi) is 4.61. The fraction of sp³-hybridized carbons (Fsp3) is 0.500. The summed E-state index contributed by atoms with van der Waals surface area (Å²) in [5.74, 6) is 0.720. The van der Waals surface area contributed by atoms with Crippen LogP contribution in [0, 0.1) is 5.92 Å². The van der Waals surface area contributed by atoms with Crippen LogP contribution in [0.3, 0.4) is 0 Å². The number of nitrogens with zero attached hydrogens (tertiary/aromatic N) is 1. The quantitative estimate of drug-likeness (QED) is 0.914. The van der Waals surface area contributed by atoms with Crippen LogP contribution in [-0.4, -0.2) is 30.4 Å². The second-order valence-electron chi connectivity index (χ2n) is 4.79. The number of likely N-dealkylation sites (tertiary alicyclic amines) is 1. The highest BCUT2D eigenvalue weighted by Crippen LogP contribution is 2.23. The molecule has 2 rings (SSSR count). The molecule has 1 amide bonds. The van der Waals surface area contributed by atoms with Crippen LogP contribution in [0.5, 0.6) is 0 Å². The molecule has 0 aliphatic carbocycles. The summed E-state index contributed by atoms with van der Waals surface area (Å²) in [5.41, 5.74) is 6.17. The number of halogens is 1. The number of nitrogens with two attached hydrogens (primary N) is 1. The summed E-state index contributed by atoms with van der Waals surface area (Å²) < 4.78 is 0. The highest BCUT2D eigenvalue weighted by Gasteiger charge is 2.24. The second kappa shape index (κ2) is 6.21. The molecule has 0 radical (unpaired) electrons. The molecule has 3 nitrogen and oxygen atoms in total. The number of amides is 1. The molecule has 0 bridgehead atoms. The average molecular weight is 267 g/mol. The first-order valence-corrected chi connectivity index (χ1v) is 6.84. The number of rotatable bonds is 3. The molecule has 0 spiro atoms. The van der Waals surface area contributed by atoms with Crippen LogP contribution in [0.25, 0.3) is 0 Å². The first-order valence-electron chi connectivity index (χ1n) is 6.46. The maximum absolute atomic E-state index is 12.3. The molecule has 1 fully saturated rings. The fourth-order valence-electron chi connectivity index (χ4n) is 2.47. The standard InChI is InChI=1S/C14H19ClN2O/c15-13-4-2-1-3-12(13)14(18)17-9-6-11(5-8-16)7-10-17/h1-4,11H,5-10,16H2. The zero-order valence-corrected chi connectivity index (χ0v) is 11.2. The lowest BCUT2D eigenvalue weighted by atomic mass is 9.93. The molecule has 0 unspecified atom stereocenters. The van der Waals surface area contributed by atoms with Crippen LogP contribution in [0.1, 0.15) is 29.6 Å². The van der Waals surface area contributed by atoms with Gasteiger partial charge in [-0.25, -0.2) is 0 Å². The van der Waals surface area contributed by atoms with Gasteiger partial charge in [0.05, 0.1) is 10.6 Å². The van der Waals surface area contributed by atoms with Gasteiger partial charge in [-0.3, -0.25) is 4.79 Å². The van der Waals surface area contributed by atoms with Gasteiger partial charge in [-0.2, -0.15) is 0 Å². The van der Waals surface area contributed by atoms with Gasteiger partial charge in [-0.05, 0) is 43.9 Å². The molecule has 1 aromatic carbocycles. The van der Waals surface area contributed by atoms with Gasteiger partial charge in [0.1, 0.15) is 0 Å². The summed E-state index contributed by atoms with van der Waals surface area (Å²) in [7, 11) is 0. The Morgan fingerprint density at radius 1 is 1.33 bits per heavy atom. The van der Waals surface area contributed by atoms with Crippen molar-refractivity contribution in [3.63, 3.8) is 0 Å². The van der Waals surface area contributed by atoms with Crippen molar-refractivity contribution in [2.45, 2.75) is 19.3 Å². The van der Waals surface area contributed by atoms with Crippen LogP contribution in [-0.2, 0) is 0 Å². The Morgan fingerprint density at radius 3 is 2.61 bits per heavy atom. The van der Waals surface area contributed by atoms with Crippen molar-refractivity contribution in [3.8, 4) is 0 Å². The fourth-order valence-corrected chi connectivity index (χ4v) is 2.68. The molecule has 1 heterocycles. The van der Waals surface area contributed by atoms with Crippen molar-refractivity contribution in [2.24, 2.45) is 11.7 Å². The molecule has 1 aromatic rings. The lowest BCUT2D eigenvalue weighted by Crippen LogP contribution is -2.39. The molecular formula is C14H19ClN2O. The van der Waals surface area contributed by atoms with Gasteiger partial charge in [-0.15, -0.1) is 0 Å². The lowest BCUT2D eigenvalue weighted by Gasteiger charge is -2.32. The summed E-state index contributed by atoms with van der Waals surface area (Å²) in [6.45, 7) is 2.37. The van der Waals surface area contributed by atoms with Crippen LogP contribution >= 0.6 is 11.6 Å². The minimum absolute atomic E-state index is 0.0480. The highest BCUT2D eigenvalue weighted by molar-refractivity contribution is 6.33. The number of hydrogen-bond donors (Lipinski definition) is 1. The van der Waals surface area contributed by atoms with E-state index >= 15 is 0 Å². The van der Waals surface area contributed by atoms with E-state index in [1.54, 1.807) is 12.1 Å². The molecule has 98 valence electrons. The van der Waals surface area contributed by atoms with Crippen molar-refractivity contribution in [2.75, 3.05) is 19.6 Å². The van der Waals surface area contributed by atoms with E-state index in [9.17, 15) is 4.79 Å². The SMILES string of the molecule is NCCC1CCN(C(=O)c2ccccc2Cl)CC1. The highest BCUT2D eigenvalue weighted by atomic mass is 35.5. The summed E-state index contributed by atoms with van der Waals surface area (Å²) >= 11 is 6.05. The van der Waals surface area contributed by atoms with Gasteiger partial charge >= 0.3 is 0 Å². The predicted octanol–water partition coefficient (Wildman–Crippen LogP) is 2.54. The van der Waals surface area contributed by atoms with Crippen molar-refractivity contribution in [3.05, 3.63) is 34.9 Å². The molecule has 0 atom stereocenters. The third kappa shape index (κ3) is 3.03. The van der Waals surface area contributed by atoms with Gasteiger partial charge in [0.2, 0.25) is 0 Å². The maximum atomic E-state index is 12.3. The van der Waals surface area contributed by atoms with Gasteiger partial charge in [0, 0.05) is 13.1 Å². The molecule has 0 saturated carbocycles. The van der Waals surface area contributed by atoms with E-state index in [1.165, 1.54) is 0 Å². The molecule has 1 aliphatic rings. The van der Waals surface area contributed by atoms with Crippen LogP contribution in [0.15, 0.2) is 24.3 Å². The van der Waals surface area contributed by atoms with Gasteiger partial charge < -0.3 is 10.6 Å². The van der Waals surface area contributed by atoms with Crippen molar-refractivity contribution in [1.29, 1.82) is 0 Å². The smallest absolute Gasteiger partial charge is 0.255 e. The van der Waals surface area contributed by atoms with Crippen LogP contribution in [0.2, 0.25) is 5.02 Å². The Labute approximate surface area is 113 Å². The summed E-state index contributed by atoms with van der Waals surface area (Å²) in [6.07, 6.45) is 3.16. The minimum Gasteiger partial charge on any atom is -0.339 e. The number of carbonyl (C=O) groups excluding carboxylic acids is 1. The largest absolute Gasteiger partial charge is 0.339 e. The Balaban J connectivity index is 1.98. The first-order chi connectivity index (χ1) is 8.72. The van der Waals surface area contributed by atoms with E-state index in [1.807, 2.05) is 17.0 Å². The van der Waals surface area contributed by atoms with Crippen molar-refractivity contribution < 1.29 is 4.79 Å². The van der Waals surface area contributed by atoms with E-state index in [4.69, 9.17) is 17.3 Å². The van der Waals surface area contributed by atoms with Crippen molar-refractivity contribution in [1.82, 2.24) is 4.90 Å². The molecular weight excluding hydrogens is 248 g/mol. The van der Waals surface area contributed by atoms with Crippen LogP contribution < -0.4 is 5.73 Å². The van der Waals surface area contributed by atoms with Gasteiger partial charge in [0.15, 0.2) is 0 Å². The minimum atomic E-state index is 0.0480. The number of piperidine rings is 1. The zero-order valence-electron chi connectivity index (χ0n) is 10.4. The lowest BCUT2D eigenvalue weighted by molar-refractivity contribution is 0.0688. The summed E-state index contributed by atoms with van der Waals surface area (Å²) in [6, 6.07) is 7.24. The topological polar surface area (TPSA) is 46.3 Å². The number of hydrogen-bond acceptors (Lipinski definition) is 2. The molecule has 2 N–H and O–H groups in total. The van der Waals surface area contributed by atoms with E-state index < -0.39 is 0 Å². The molecule has 0 aromatic heterocycles. The third-order valence-corrected chi connectivity index (χ3v) is 3.91. The first kappa shape index (κ1) is 13.4. The second-order valence-corrected chi connectivity index (χ2v) is 5.20. The van der Waals surface area contributed by atoms with E-state index in [2.05, 4.69) is 0 Å². The Morgan fingerprint density at radius 2 is 2.00 bits per heavy atom. The summed E-state index contributed by atoms with van der Waals surface area (Å²) in [5, 5.41) is 0.534. The van der Waals surface area contributed by atoms with Gasteiger partial charge in [0.25, 0.3) is 5.91 Å². The Bertz CT molecular complexity index is 414. The maximum Gasteiger partial charge on any atom is 0.255 e. The molecule has 4 heteroatoms. The number of benzene rings is 1. The van der Waals surface area contributed by atoms with Gasteiger partial charge in [-0.1, -0.05) is 23.7 Å². The summed E-state index contributed by atoms with van der Waals surface area (Å²) in [4.78, 5) is 14.2. The normalized spacial score (nSPS) is 16.9. The van der Waals surface area contributed by atoms with E-state index in [0.717, 1.165) is 38.9 Å². The van der Waals surface area contributed by atoms with E-state index in [0.29, 0.717) is 16.5 Å². The third-order valence-electron chi connectivity index (χ3n) is 3.58. The predicted molar refractivity (Wildman–Crippen MR) is 73.8 cm³/mol. The Hall–Kier alpha value is -1.06. The van der Waals surface area contributed by atoms with E-state index in [-0.39, 0.29) is 5.91 Å². The zero-order chi connectivity index (χ0) is 13.0. The average Bonchev–Trinajstić information content (AvgIpc) is 2.40.